The first-order valence-corrected chi connectivity index (χ1v) is 10.2. The second-order valence-corrected chi connectivity index (χ2v) is 7.24. The Morgan fingerprint density at radius 1 is 1.26 bits per heavy atom. The molecule has 2 heterocycles. The smallest absolute Gasteiger partial charge is 0.294 e. The van der Waals surface area contributed by atoms with Crippen molar-refractivity contribution in [3.05, 3.63) is 82.2 Å². The molecule has 0 radical (unpaired) electrons. The minimum Gasteiger partial charge on any atom is -0.494 e. The number of carbonyl (C=O) groups is 1. The molecule has 0 aliphatic rings. The zero-order valence-electron chi connectivity index (χ0n) is 16.4. The number of amides is 1. The number of hydrogen-bond donors (Lipinski definition) is 1. The summed E-state index contributed by atoms with van der Waals surface area (Å²) in [4.78, 5) is 32.0. The fourth-order valence-corrected chi connectivity index (χ4v) is 3.67. The van der Waals surface area contributed by atoms with Crippen molar-refractivity contribution in [2.75, 3.05) is 11.9 Å². The first-order chi connectivity index (χ1) is 15.0. The van der Waals surface area contributed by atoms with Gasteiger partial charge in [0.05, 0.1) is 23.6 Å². The normalized spacial score (nSPS) is 10.6. The molecule has 9 nitrogen and oxygen atoms in total. The second-order valence-electron chi connectivity index (χ2n) is 6.38. The van der Waals surface area contributed by atoms with Crippen LogP contribution in [0.3, 0.4) is 0 Å². The summed E-state index contributed by atoms with van der Waals surface area (Å²) in [5.74, 6) is 0.295. The van der Waals surface area contributed by atoms with Crippen molar-refractivity contribution in [1.29, 1.82) is 0 Å². The third-order valence-electron chi connectivity index (χ3n) is 4.40. The average Bonchev–Trinajstić information content (AvgIpc) is 3.46. The quantitative estimate of drug-likeness (QED) is 0.336. The largest absolute Gasteiger partial charge is 0.494 e. The molecular weight excluding hydrogens is 418 g/mol. The summed E-state index contributed by atoms with van der Waals surface area (Å²) in [5, 5.41) is 16.4. The molecule has 156 valence electrons. The third-order valence-corrected chi connectivity index (χ3v) is 5.16. The zero-order valence-corrected chi connectivity index (χ0v) is 17.2. The molecule has 1 amide bonds. The summed E-state index contributed by atoms with van der Waals surface area (Å²) >= 11 is 1.27. The van der Waals surface area contributed by atoms with Crippen LogP contribution in [0.5, 0.6) is 5.75 Å². The Balaban J connectivity index is 1.52. The van der Waals surface area contributed by atoms with Gasteiger partial charge >= 0.3 is 0 Å². The van der Waals surface area contributed by atoms with Gasteiger partial charge in [0.2, 0.25) is 0 Å². The van der Waals surface area contributed by atoms with Gasteiger partial charge in [0.15, 0.2) is 5.13 Å². The zero-order chi connectivity index (χ0) is 21.8. The SMILES string of the molecule is CCOc1ccc(-c2csc(NC(=O)c3ccc(-n4ccnc4)c([N+](=O)[O-])c3)n2)cc1. The van der Waals surface area contributed by atoms with E-state index < -0.39 is 10.8 Å². The molecule has 0 spiro atoms. The molecule has 1 N–H and O–H groups in total. The number of thiazole rings is 1. The summed E-state index contributed by atoms with van der Waals surface area (Å²) in [6, 6.07) is 11.8. The van der Waals surface area contributed by atoms with E-state index in [1.54, 1.807) is 6.20 Å². The van der Waals surface area contributed by atoms with Gasteiger partial charge in [-0.1, -0.05) is 0 Å². The molecule has 4 rings (SSSR count). The number of nitrogens with one attached hydrogen (secondary N) is 1. The van der Waals surface area contributed by atoms with E-state index in [9.17, 15) is 14.9 Å². The van der Waals surface area contributed by atoms with Gasteiger partial charge in [0, 0.05) is 35.0 Å². The van der Waals surface area contributed by atoms with Crippen molar-refractivity contribution in [2.45, 2.75) is 6.92 Å². The van der Waals surface area contributed by atoms with E-state index in [0.717, 1.165) is 11.3 Å². The Morgan fingerprint density at radius 2 is 2.06 bits per heavy atom. The minimum atomic E-state index is -0.528. The van der Waals surface area contributed by atoms with Crippen LogP contribution in [0.2, 0.25) is 0 Å². The number of carbonyl (C=O) groups excluding carboxylic acids is 1. The lowest BCUT2D eigenvalue weighted by atomic mass is 10.1. The van der Waals surface area contributed by atoms with Crippen molar-refractivity contribution < 1.29 is 14.5 Å². The maximum absolute atomic E-state index is 12.6. The number of benzene rings is 2. The Labute approximate surface area is 181 Å². The molecule has 0 fully saturated rings. The van der Waals surface area contributed by atoms with Gasteiger partial charge < -0.3 is 9.30 Å². The fourth-order valence-electron chi connectivity index (χ4n) is 2.95. The monoisotopic (exact) mass is 435 g/mol. The highest BCUT2D eigenvalue weighted by molar-refractivity contribution is 7.14. The lowest BCUT2D eigenvalue weighted by molar-refractivity contribution is -0.384. The second kappa shape index (κ2) is 8.76. The summed E-state index contributed by atoms with van der Waals surface area (Å²) in [5.41, 5.74) is 1.89. The Hall–Kier alpha value is -4.05. The highest BCUT2D eigenvalue weighted by Crippen LogP contribution is 2.28. The summed E-state index contributed by atoms with van der Waals surface area (Å²) in [7, 11) is 0. The molecule has 0 saturated carbocycles. The minimum absolute atomic E-state index is 0.161. The van der Waals surface area contributed by atoms with E-state index in [-0.39, 0.29) is 11.3 Å². The molecular formula is C21H17N5O4S. The van der Waals surface area contributed by atoms with Crippen LogP contribution >= 0.6 is 11.3 Å². The molecule has 0 bridgehead atoms. The van der Waals surface area contributed by atoms with E-state index >= 15 is 0 Å². The van der Waals surface area contributed by atoms with E-state index in [1.165, 1.54) is 46.6 Å². The molecule has 0 aliphatic heterocycles. The number of anilines is 1. The predicted molar refractivity (Wildman–Crippen MR) is 117 cm³/mol. The van der Waals surface area contributed by atoms with Gasteiger partial charge in [0.1, 0.15) is 11.4 Å². The van der Waals surface area contributed by atoms with Gasteiger partial charge in [-0.15, -0.1) is 11.3 Å². The highest BCUT2D eigenvalue weighted by Gasteiger charge is 2.19. The van der Waals surface area contributed by atoms with Gasteiger partial charge in [-0.25, -0.2) is 9.97 Å². The van der Waals surface area contributed by atoms with E-state index in [4.69, 9.17) is 4.74 Å². The number of nitro benzene ring substituents is 1. The van der Waals surface area contributed by atoms with Crippen molar-refractivity contribution >= 4 is 28.1 Å². The van der Waals surface area contributed by atoms with Crippen LogP contribution in [0, 0.1) is 10.1 Å². The van der Waals surface area contributed by atoms with Gasteiger partial charge in [-0.3, -0.25) is 20.2 Å². The molecule has 0 aliphatic carbocycles. The van der Waals surface area contributed by atoms with E-state index in [1.807, 2.05) is 36.6 Å². The van der Waals surface area contributed by atoms with Gasteiger partial charge in [0.25, 0.3) is 11.6 Å². The van der Waals surface area contributed by atoms with Gasteiger partial charge in [-0.05, 0) is 43.3 Å². The predicted octanol–water partition coefficient (Wildman–Crippen LogP) is 4.56. The van der Waals surface area contributed by atoms with Crippen molar-refractivity contribution in [1.82, 2.24) is 14.5 Å². The standard InChI is InChI=1S/C21H17N5O4S/c1-2-30-16-6-3-14(4-7-16)17-12-31-21(23-17)24-20(27)15-5-8-18(19(11-15)26(28)29)25-10-9-22-13-25/h3-13H,2H2,1H3,(H,23,24,27). The number of rotatable bonds is 7. The topological polar surface area (TPSA) is 112 Å². The molecule has 10 heteroatoms. The number of aromatic nitrogens is 3. The number of hydrogen-bond acceptors (Lipinski definition) is 7. The number of nitrogens with zero attached hydrogens (tertiary/aromatic N) is 4. The average molecular weight is 435 g/mol. The molecule has 31 heavy (non-hydrogen) atoms. The maximum atomic E-state index is 12.6. The van der Waals surface area contributed by atoms with Crippen LogP contribution in [0.4, 0.5) is 10.8 Å². The van der Waals surface area contributed by atoms with E-state index in [2.05, 4.69) is 15.3 Å². The molecule has 2 aromatic carbocycles. The van der Waals surface area contributed by atoms with Crippen molar-refractivity contribution in [2.24, 2.45) is 0 Å². The Kier molecular flexibility index (Phi) is 5.72. The van der Waals surface area contributed by atoms with Crippen LogP contribution in [0.1, 0.15) is 17.3 Å². The van der Waals surface area contributed by atoms with Crippen LogP contribution in [0.25, 0.3) is 16.9 Å². The summed E-state index contributed by atoms with van der Waals surface area (Å²) in [6.07, 6.45) is 4.58. The molecule has 2 aromatic heterocycles. The van der Waals surface area contributed by atoms with Crippen molar-refractivity contribution in [3.8, 4) is 22.7 Å². The summed E-state index contributed by atoms with van der Waals surface area (Å²) in [6.45, 7) is 2.51. The van der Waals surface area contributed by atoms with Crippen molar-refractivity contribution in [3.63, 3.8) is 0 Å². The Bertz CT molecular complexity index is 1220. The van der Waals surface area contributed by atoms with Gasteiger partial charge in [-0.2, -0.15) is 0 Å². The third kappa shape index (κ3) is 4.43. The number of imidazole rings is 1. The van der Waals surface area contributed by atoms with Crippen LogP contribution in [-0.2, 0) is 0 Å². The maximum Gasteiger partial charge on any atom is 0.294 e. The lowest BCUT2D eigenvalue weighted by Crippen LogP contribution is -2.12. The molecule has 0 atom stereocenters. The van der Waals surface area contributed by atoms with Crippen LogP contribution < -0.4 is 10.1 Å². The fraction of sp³-hybridized carbons (Fsp3) is 0.0952. The van der Waals surface area contributed by atoms with E-state index in [0.29, 0.717) is 23.1 Å². The molecule has 0 saturated heterocycles. The number of nitro groups is 1. The lowest BCUT2D eigenvalue weighted by Gasteiger charge is -2.06. The highest BCUT2D eigenvalue weighted by atomic mass is 32.1. The first-order valence-electron chi connectivity index (χ1n) is 9.32. The molecule has 4 aromatic rings. The first kappa shape index (κ1) is 20.2. The van der Waals surface area contributed by atoms with Crippen LogP contribution in [0.15, 0.2) is 66.6 Å². The summed E-state index contributed by atoms with van der Waals surface area (Å²) < 4.78 is 6.95. The molecule has 0 unspecified atom stereocenters. The Morgan fingerprint density at radius 3 is 2.74 bits per heavy atom. The van der Waals surface area contributed by atoms with Crippen LogP contribution in [-0.4, -0.2) is 32.0 Å². The number of ether oxygens (including phenoxy) is 1.